The number of aryl methyl sites for hydroxylation is 1. The Bertz CT molecular complexity index is 1090. The van der Waals surface area contributed by atoms with E-state index in [0.29, 0.717) is 12.2 Å². The van der Waals surface area contributed by atoms with Crippen LogP contribution < -0.4 is 9.62 Å². The Balaban J connectivity index is 1.76. The van der Waals surface area contributed by atoms with Crippen LogP contribution in [0.5, 0.6) is 0 Å². The SMILES string of the molecule is Cc1ccc(N([C@H](C)C(=O)NCc2ccc3ccccc3c2)S(C)(=O)=O)cc1. The first-order chi connectivity index (χ1) is 13.3. The van der Waals surface area contributed by atoms with E-state index in [4.69, 9.17) is 0 Å². The number of nitrogens with one attached hydrogen (secondary N) is 1. The molecule has 0 aliphatic rings. The van der Waals surface area contributed by atoms with Crippen LogP contribution in [0.1, 0.15) is 18.1 Å². The number of benzene rings is 3. The van der Waals surface area contributed by atoms with E-state index >= 15 is 0 Å². The lowest BCUT2D eigenvalue weighted by molar-refractivity contribution is -0.122. The molecule has 6 heteroatoms. The van der Waals surface area contributed by atoms with Crippen LogP contribution in [0, 0.1) is 6.92 Å². The molecule has 0 unspecified atom stereocenters. The van der Waals surface area contributed by atoms with Crippen molar-refractivity contribution in [2.45, 2.75) is 26.4 Å². The van der Waals surface area contributed by atoms with Gasteiger partial charge in [0.15, 0.2) is 0 Å². The molecular formula is C22H24N2O3S. The summed E-state index contributed by atoms with van der Waals surface area (Å²) in [6.07, 6.45) is 1.11. The molecule has 3 aromatic rings. The van der Waals surface area contributed by atoms with E-state index in [2.05, 4.69) is 5.32 Å². The number of carbonyl (C=O) groups excluding carboxylic acids is 1. The number of hydrogen-bond acceptors (Lipinski definition) is 3. The highest BCUT2D eigenvalue weighted by Crippen LogP contribution is 2.21. The summed E-state index contributed by atoms with van der Waals surface area (Å²) >= 11 is 0. The van der Waals surface area contributed by atoms with Gasteiger partial charge in [-0.05, 0) is 48.4 Å². The summed E-state index contributed by atoms with van der Waals surface area (Å²) in [5.41, 5.74) is 2.45. The van der Waals surface area contributed by atoms with E-state index in [1.165, 1.54) is 0 Å². The van der Waals surface area contributed by atoms with Gasteiger partial charge in [0.2, 0.25) is 15.9 Å². The molecule has 0 aliphatic carbocycles. The fourth-order valence-corrected chi connectivity index (χ4v) is 4.36. The Labute approximate surface area is 166 Å². The van der Waals surface area contributed by atoms with Crippen molar-refractivity contribution < 1.29 is 13.2 Å². The zero-order chi connectivity index (χ0) is 20.3. The number of sulfonamides is 1. The average molecular weight is 397 g/mol. The number of anilines is 1. The number of nitrogens with zero attached hydrogens (tertiary/aromatic N) is 1. The zero-order valence-corrected chi connectivity index (χ0v) is 17.0. The van der Waals surface area contributed by atoms with Gasteiger partial charge >= 0.3 is 0 Å². The van der Waals surface area contributed by atoms with Crippen molar-refractivity contribution >= 4 is 32.4 Å². The lowest BCUT2D eigenvalue weighted by Crippen LogP contribution is -2.47. The summed E-state index contributed by atoms with van der Waals surface area (Å²) in [5, 5.41) is 5.08. The van der Waals surface area contributed by atoms with Crippen molar-refractivity contribution in [3.63, 3.8) is 0 Å². The Kier molecular flexibility index (Phi) is 5.70. The summed E-state index contributed by atoms with van der Waals surface area (Å²) in [4.78, 5) is 12.7. The van der Waals surface area contributed by atoms with Crippen LogP contribution in [-0.2, 0) is 21.4 Å². The molecule has 1 amide bonds. The van der Waals surface area contributed by atoms with Crippen LogP contribution in [0.3, 0.4) is 0 Å². The van der Waals surface area contributed by atoms with Crippen LogP contribution in [0.4, 0.5) is 5.69 Å². The molecule has 28 heavy (non-hydrogen) atoms. The van der Waals surface area contributed by atoms with Gasteiger partial charge in [0.25, 0.3) is 0 Å². The van der Waals surface area contributed by atoms with E-state index in [9.17, 15) is 13.2 Å². The first kappa shape index (κ1) is 19.9. The number of rotatable bonds is 6. The molecule has 0 bridgehead atoms. The third-order valence-corrected chi connectivity index (χ3v) is 5.90. The van der Waals surface area contributed by atoms with Crippen LogP contribution in [-0.4, -0.2) is 26.6 Å². The third-order valence-electron chi connectivity index (χ3n) is 4.66. The predicted octanol–water partition coefficient (Wildman–Crippen LogP) is 3.62. The normalized spacial score (nSPS) is 12.5. The molecule has 0 aromatic heterocycles. The molecule has 0 heterocycles. The molecule has 0 aliphatic heterocycles. The van der Waals surface area contributed by atoms with Crippen molar-refractivity contribution in [2.75, 3.05) is 10.6 Å². The van der Waals surface area contributed by atoms with Gasteiger partial charge in [0.1, 0.15) is 6.04 Å². The standard InChI is InChI=1S/C22H24N2O3S/c1-16-8-12-21(13-9-16)24(28(3,26)27)17(2)22(25)23-15-18-10-11-19-6-4-5-7-20(19)14-18/h4-14,17H,15H2,1-3H3,(H,23,25)/t17-/m1/s1. The largest absolute Gasteiger partial charge is 0.350 e. The molecule has 0 saturated heterocycles. The van der Waals surface area contributed by atoms with Crippen LogP contribution in [0.2, 0.25) is 0 Å². The molecule has 1 N–H and O–H groups in total. The van der Waals surface area contributed by atoms with Gasteiger partial charge in [-0.1, -0.05) is 54.1 Å². The number of hydrogen-bond donors (Lipinski definition) is 1. The van der Waals surface area contributed by atoms with E-state index in [-0.39, 0.29) is 5.91 Å². The van der Waals surface area contributed by atoms with Gasteiger partial charge in [-0.25, -0.2) is 8.42 Å². The van der Waals surface area contributed by atoms with E-state index in [0.717, 1.165) is 32.5 Å². The smallest absolute Gasteiger partial charge is 0.243 e. The first-order valence-electron chi connectivity index (χ1n) is 9.07. The average Bonchev–Trinajstić information content (AvgIpc) is 2.66. The minimum absolute atomic E-state index is 0.333. The summed E-state index contributed by atoms with van der Waals surface area (Å²) < 4.78 is 25.8. The minimum atomic E-state index is -3.61. The van der Waals surface area contributed by atoms with E-state index < -0.39 is 16.1 Å². The maximum atomic E-state index is 12.7. The zero-order valence-electron chi connectivity index (χ0n) is 16.2. The lowest BCUT2D eigenvalue weighted by Gasteiger charge is -2.28. The molecule has 3 aromatic carbocycles. The molecule has 0 saturated carbocycles. The topological polar surface area (TPSA) is 66.5 Å². The quantitative estimate of drug-likeness (QED) is 0.692. The number of carbonyl (C=O) groups is 1. The number of amides is 1. The Hall–Kier alpha value is -2.86. The van der Waals surface area contributed by atoms with Crippen molar-refractivity contribution in [3.8, 4) is 0 Å². The predicted molar refractivity (Wildman–Crippen MR) is 114 cm³/mol. The second-order valence-corrected chi connectivity index (χ2v) is 8.83. The summed E-state index contributed by atoms with van der Waals surface area (Å²) in [5.74, 6) is -0.348. The molecule has 3 rings (SSSR count). The number of fused-ring (bicyclic) bond motifs is 1. The summed E-state index contributed by atoms with van der Waals surface area (Å²) in [6.45, 7) is 3.85. The van der Waals surface area contributed by atoms with Crippen LogP contribution in [0.25, 0.3) is 10.8 Å². The molecule has 0 fully saturated rings. The minimum Gasteiger partial charge on any atom is -0.350 e. The second kappa shape index (κ2) is 8.02. The maximum Gasteiger partial charge on any atom is 0.243 e. The Morgan fingerprint density at radius 1 is 1.00 bits per heavy atom. The Morgan fingerprint density at radius 3 is 2.29 bits per heavy atom. The molecule has 146 valence electrons. The van der Waals surface area contributed by atoms with E-state index in [1.54, 1.807) is 19.1 Å². The van der Waals surface area contributed by atoms with Gasteiger partial charge in [-0.2, -0.15) is 0 Å². The third kappa shape index (κ3) is 4.51. The highest BCUT2D eigenvalue weighted by molar-refractivity contribution is 7.92. The second-order valence-electron chi connectivity index (χ2n) is 6.97. The van der Waals surface area contributed by atoms with Gasteiger partial charge in [0.05, 0.1) is 11.9 Å². The Morgan fingerprint density at radius 2 is 1.64 bits per heavy atom. The van der Waals surface area contributed by atoms with Gasteiger partial charge in [-0.15, -0.1) is 0 Å². The van der Waals surface area contributed by atoms with Crippen molar-refractivity contribution in [2.24, 2.45) is 0 Å². The molecular weight excluding hydrogens is 372 g/mol. The highest BCUT2D eigenvalue weighted by Gasteiger charge is 2.28. The fraction of sp³-hybridized carbons (Fsp3) is 0.227. The highest BCUT2D eigenvalue weighted by atomic mass is 32.2. The van der Waals surface area contributed by atoms with Gasteiger partial charge in [0, 0.05) is 6.54 Å². The van der Waals surface area contributed by atoms with Crippen molar-refractivity contribution in [3.05, 3.63) is 77.9 Å². The van der Waals surface area contributed by atoms with Crippen LogP contribution >= 0.6 is 0 Å². The van der Waals surface area contributed by atoms with Gasteiger partial charge in [-0.3, -0.25) is 9.10 Å². The van der Waals surface area contributed by atoms with Gasteiger partial charge < -0.3 is 5.32 Å². The van der Waals surface area contributed by atoms with Crippen LogP contribution in [0.15, 0.2) is 66.7 Å². The van der Waals surface area contributed by atoms with Crippen molar-refractivity contribution in [1.29, 1.82) is 0 Å². The lowest BCUT2D eigenvalue weighted by atomic mass is 10.1. The molecule has 5 nitrogen and oxygen atoms in total. The first-order valence-corrected chi connectivity index (χ1v) is 10.9. The maximum absolute atomic E-state index is 12.7. The fourth-order valence-electron chi connectivity index (χ4n) is 3.19. The molecule has 1 atom stereocenters. The van der Waals surface area contributed by atoms with E-state index in [1.807, 2.05) is 61.5 Å². The monoisotopic (exact) mass is 396 g/mol. The molecule has 0 radical (unpaired) electrons. The van der Waals surface area contributed by atoms with Crippen molar-refractivity contribution in [1.82, 2.24) is 5.32 Å². The summed E-state index contributed by atoms with van der Waals surface area (Å²) in [7, 11) is -3.61. The summed E-state index contributed by atoms with van der Waals surface area (Å²) in [6, 6.07) is 20.2. The molecule has 0 spiro atoms.